The summed E-state index contributed by atoms with van der Waals surface area (Å²) in [6.45, 7) is 1.28. The van der Waals surface area contributed by atoms with Crippen LogP contribution in [0.1, 0.15) is 48.6 Å². The van der Waals surface area contributed by atoms with Crippen molar-refractivity contribution >= 4 is 21.6 Å². The lowest BCUT2D eigenvalue weighted by Gasteiger charge is -2.21. The molecule has 8 heteroatoms. The maximum atomic E-state index is 11.6. The predicted octanol–water partition coefficient (Wildman–Crippen LogP) is 3.02. The van der Waals surface area contributed by atoms with Crippen LogP contribution in [-0.2, 0) is 23.1 Å². The van der Waals surface area contributed by atoms with Gasteiger partial charge in [0.1, 0.15) is 5.76 Å². The Morgan fingerprint density at radius 2 is 1.92 bits per heavy atom. The summed E-state index contributed by atoms with van der Waals surface area (Å²) >= 11 is 6.07. The summed E-state index contributed by atoms with van der Waals surface area (Å²) in [6, 6.07) is 7.28. The van der Waals surface area contributed by atoms with E-state index >= 15 is 0 Å². The molecule has 0 unspecified atom stereocenters. The lowest BCUT2D eigenvalue weighted by Crippen LogP contribution is -2.25. The van der Waals surface area contributed by atoms with E-state index in [1.165, 1.54) is 18.9 Å². The Morgan fingerprint density at radius 1 is 1.16 bits per heavy atom. The Bertz CT molecular complexity index is 888. The number of sulfonamides is 1. The van der Waals surface area contributed by atoms with Crippen molar-refractivity contribution < 1.29 is 12.9 Å². The van der Waals surface area contributed by atoms with E-state index in [1.54, 1.807) is 12.1 Å². The third-order valence-corrected chi connectivity index (χ3v) is 5.74. The lowest BCUT2D eigenvalue weighted by atomic mass is 10.2. The molecule has 1 aromatic heterocycles. The number of aromatic nitrogens is 1. The number of rotatable bonds is 7. The van der Waals surface area contributed by atoms with Crippen molar-refractivity contribution in [2.75, 3.05) is 0 Å². The van der Waals surface area contributed by atoms with Crippen molar-refractivity contribution in [1.29, 1.82) is 0 Å². The van der Waals surface area contributed by atoms with Gasteiger partial charge in [0, 0.05) is 36.1 Å². The molecule has 0 radical (unpaired) electrons. The number of nitrogens with zero attached hydrogens (tertiary/aromatic N) is 2. The van der Waals surface area contributed by atoms with Gasteiger partial charge in [-0.3, -0.25) is 4.90 Å². The molecule has 0 atom stereocenters. The maximum absolute atomic E-state index is 11.6. The largest absolute Gasteiger partial charge is 0.361 e. The van der Waals surface area contributed by atoms with Crippen LogP contribution in [0.25, 0.3) is 0 Å². The molecule has 6 nitrogen and oxygen atoms in total. The van der Waals surface area contributed by atoms with Crippen LogP contribution in [0.3, 0.4) is 0 Å². The molecule has 2 aliphatic rings. The molecular weight excluding hydrogens is 362 g/mol. The highest BCUT2D eigenvalue weighted by atomic mass is 35.5. The Morgan fingerprint density at radius 3 is 2.56 bits per heavy atom. The minimum atomic E-state index is -3.78. The van der Waals surface area contributed by atoms with Gasteiger partial charge in [-0.15, -0.1) is 0 Å². The van der Waals surface area contributed by atoms with Gasteiger partial charge in [0.25, 0.3) is 0 Å². The van der Waals surface area contributed by atoms with Gasteiger partial charge in [-0.2, -0.15) is 0 Å². The maximum Gasteiger partial charge on any atom is 0.238 e. The third-order valence-electron chi connectivity index (χ3n) is 4.63. The molecule has 1 aromatic carbocycles. The molecule has 25 heavy (non-hydrogen) atoms. The number of halogens is 1. The first-order valence-corrected chi connectivity index (χ1v) is 10.3. The molecule has 1 heterocycles. The molecule has 2 saturated carbocycles. The average Bonchev–Trinajstić information content (AvgIpc) is 3.44. The lowest BCUT2D eigenvalue weighted by molar-refractivity contribution is 0.237. The van der Waals surface area contributed by atoms with Crippen molar-refractivity contribution in [3.05, 3.63) is 46.3 Å². The highest BCUT2D eigenvalue weighted by molar-refractivity contribution is 7.89. The average molecular weight is 382 g/mol. The second kappa shape index (κ2) is 6.39. The fourth-order valence-corrected chi connectivity index (χ4v) is 3.96. The molecule has 2 N–H and O–H groups in total. The van der Waals surface area contributed by atoms with Crippen LogP contribution in [0.5, 0.6) is 0 Å². The Labute approximate surface area is 152 Å². The molecule has 0 aliphatic heterocycles. The molecule has 2 aromatic rings. The third kappa shape index (κ3) is 4.23. The van der Waals surface area contributed by atoms with E-state index in [-0.39, 0.29) is 4.90 Å². The van der Waals surface area contributed by atoms with Crippen LogP contribution in [-0.4, -0.2) is 24.5 Å². The van der Waals surface area contributed by atoms with Crippen LogP contribution in [0.4, 0.5) is 0 Å². The quantitative estimate of drug-likeness (QED) is 0.796. The van der Waals surface area contributed by atoms with E-state index in [9.17, 15) is 8.42 Å². The standard InChI is InChI=1S/C17H20ClN3O3S/c18-13-5-11(6-16(7-13)25(19,22)23)9-21(15-3-4-15)10-14-8-17(24-20-14)12-1-2-12/h5-8,12,15H,1-4,9-10H2,(H2,19,22,23). The number of hydrogen-bond acceptors (Lipinski definition) is 5. The van der Waals surface area contributed by atoms with E-state index in [0.717, 1.165) is 29.9 Å². The smallest absolute Gasteiger partial charge is 0.238 e. The van der Waals surface area contributed by atoms with Crippen LogP contribution < -0.4 is 5.14 Å². The van der Waals surface area contributed by atoms with E-state index in [2.05, 4.69) is 10.1 Å². The van der Waals surface area contributed by atoms with Crippen LogP contribution in [0, 0.1) is 0 Å². The fraction of sp³-hybridized carbons (Fsp3) is 0.471. The van der Waals surface area contributed by atoms with E-state index in [1.807, 2.05) is 6.07 Å². The Balaban J connectivity index is 1.52. The number of benzene rings is 1. The molecule has 0 bridgehead atoms. The molecule has 4 rings (SSSR count). The molecule has 0 saturated heterocycles. The first-order valence-electron chi connectivity index (χ1n) is 8.40. The topological polar surface area (TPSA) is 89.4 Å². The van der Waals surface area contributed by atoms with Gasteiger partial charge >= 0.3 is 0 Å². The highest BCUT2D eigenvalue weighted by Gasteiger charge is 2.31. The number of nitrogens with two attached hydrogens (primary N) is 1. The summed E-state index contributed by atoms with van der Waals surface area (Å²) < 4.78 is 28.7. The van der Waals surface area contributed by atoms with E-state index in [4.69, 9.17) is 21.3 Å². The molecule has 2 fully saturated rings. The van der Waals surface area contributed by atoms with E-state index < -0.39 is 10.0 Å². The second-order valence-corrected chi connectivity index (χ2v) is 8.97. The van der Waals surface area contributed by atoms with Crippen LogP contribution in [0.2, 0.25) is 5.02 Å². The minimum absolute atomic E-state index is 0.0446. The summed E-state index contributed by atoms with van der Waals surface area (Å²) in [4.78, 5) is 2.33. The summed E-state index contributed by atoms with van der Waals surface area (Å²) in [5.74, 6) is 1.52. The molecule has 0 spiro atoms. The van der Waals surface area contributed by atoms with Crippen molar-refractivity contribution in [2.45, 2.75) is 55.6 Å². The van der Waals surface area contributed by atoms with Crippen LogP contribution in [0.15, 0.2) is 33.7 Å². The number of primary sulfonamides is 1. The normalized spacial score (nSPS) is 18.0. The van der Waals surface area contributed by atoms with Gasteiger partial charge in [-0.25, -0.2) is 13.6 Å². The molecule has 2 aliphatic carbocycles. The summed E-state index contributed by atoms with van der Waals surface area (Å²) in [5, 5.41) is 9.79. The SMILES string of the molecule is NS(=O)(=O)c1cc(Cl)cc(CN(Cc2cc(C3CC3)on2)C2CC2)c1. The van der Waals surface area contributed by atoms with Crippen molar-refractivity contribution in [3.63, 3.8) is 0 Å². The van der Waals surface area contributed by atoms with Gasteiger partial charge in [0.15, 0.2) is 0 Å². The predicted molar refractivity (Wildman–Crippen MR) is 93.6 cm³/mol. The fourth-order valence-electron chi connectivity index (χ4n) is 3.04. The van der Waals surface area contributed by atoms with Gasteiger partial charge in [-0.05, 0) is 49.4 Å². The van der Waals surface area contributed by atoms with Gasteiger partial charge in [0.2, 0.25) is 10.0 Å². The first kappa shape index (κ1) is 17.0. The Kier molecular flexibility index (Phi) is 4.35. The zero-order valence-electron chi connectivity index (χ0n) is 13.7. The molecule has 0 amide bonds. The summed E-state index contributed by atoms with van der Waals surface area (Å²) in [7, 11) is -3.78. The van der Waals surface area contributed by atoms with Crippen molar-refractivity contribution in [2.24, 2.45) is 5.14 Å². The van der Waals surface area contributed by atoms with Gasteiger partial charge < -0.3 is 4.52 Å². The van der Waals surface area contributed by atoms with Crippen LogP contribution >= 0.6 is 11.6 Å². The van der Waals surface area contributed by atoms with Gasteiger partial charge in [0.05, 0.1) is 10.6 Å². The highest BCUT2D eigenvalue weighted by Crippen LogP contribution is 2.40. The minimum Gasteiger partial charge on any atom is -0.361 e. The molecular formula is C17H20ClN3O3S. The zero-order chi connectivity index (χ0) is 17.6. The van der Waals surface area contributed by atoms with E-state index in [0.29, 0.717) is 30.1 Å². The zero-order valence-corrected chi connectivity index (χ0v) is 15.3. The van der Waals surface area contributed by atoms with Crippen molar-refractivity contribution in [1.82, 2.24) is 10.1 Å². The summed E-state index contributed by atoms with van der Waals surface area (Å²) in [5.41, 5.74) is 1.75. The second-order valence-electron chi connectivity index (χ2n) is 6.97. The Hall–Kier alpha value is -1.41. The molecule has 134 valence electrons. The van der Waals surface area contributed by atoms with Gasteiger partial charge in [-0.1, -0.05) is 16.8 Å². The van der Waals surface area contributed by atoms with Crippen molar-refractivity contribution in [3.8, 4) is 0 Å². The monoisotopic (exact) mass is 381 g/mol. The summed E-state index contributed by atoms with van der Waals surface area (Å²) in [6.07, 6.45) is 4.63. The first-order chi connectivity index (χ1) is 11.9. The number of hydrogen-bond donors (Lipinski definition) is 1.